The SMILES string of the molecule is CC(=O)c1cccc(NC(=O)c2cc(N3CCC(C)CC3)ncn2)c1. The van der Waals surface area contributed by atoms with Crippen molar-refractivity contribution in [2.45, 2.75) is 26.7 Å². The summed E-state index contributed by atoms with van der Waals surface area (Å²) in [5, 5.41) is 2.79. The highest BCUT2D eigenvalue weighted by molar-refractivity contribution is 6.04. The summed E-state index contributed by atoms with van der Waals surface area (Å²) in [7, 11) is 0. The number of benzene rings is 1. The summed E-state index contributed by atoms with van der Waals surface area (Å²) >= 11 is 0. The standard InChI is InChI=1S/C19H22N4O2/c1-13-6-8-23(9-7-13)18-11-17(20-12-21-18)19(25)22-16-5-3-4-15(10-16)14(2)24/h3-5,10-13H,6-9H2,1-2H3,(H,22,25). The first-order valence-electron chi connectivity index (χ1n) is 8.52. The Bertz CT molecular complexity index is 782. The summed E-state index contributed by atoms with van der Waals surface area (Å²) in [6.45, 7) is 5.64. The van der Waals surface area contributed by atoms with E-state index in [1.807, 2.05) is 0 Å². The lowest BCUT2D eigenvalue weighted by molar-refractivity contribution is 0.100. The van der Waals surface area contributed by atoms with Crippen molar-refractivity contribution in [3.63, 3.8) is 0 Å². The van der Waals surface area contributed by atoms with Crippen LogP contribution in [0, 0.1) is 5.92 Å². The van der Waals surface area contributed by atoms with Gasteiger partial charge in [0.25, 0.3) is 5.91 Å². The maximum absolute atomic E-state index is 12.5. The van der Waals surface area contributed by atoms with Crippen LogP contribution in [0.1, 0.15) is 47.5 Å². The smallest absolute Gasteiger partial charge is 0.274 e. The summed E-state index contributed by atoms with van der Waals surface area (Å²) in [6, 6.07) is 8.59. The van der Waals surface area contributed by atoms with E-state index < -0.39 is 0 Å². The number of nitrogens with one attached hydrogen (secondary N) is 1. The van der Waals surface area contributed by atoms with Gasteiger partial charge in [-0.05, 0) is 37.8 Å². The zero-order chi connectivity index (χ0) is 17.8. The van der Waals surface area contributed by atoms with Gasteiger partial charge >= 0.3 is 0 Å². The molecule has 6 heteroatoms. The number of carbonyl (C=O) groups excluding carboxylic acids is 2. The third-order valence-electron chi connectivity index (χ3n) is 4.52. The molecule has 1 aliphatic rings. The Hall–Kier alpha value is -2.76. The number of nitrogens with zero attached hydrogens (tertiary/aromatic N) is 3. The zero-order valence-corrected chi connectivity index (χ0v) is 14.5. The van der Waals surface area contributed by atoms with E-state index in [9.17, 15) is 9.59 Å². The van der Waals surface area contributed by atoms with Crippen LogP contribution in [0.15, 0.2) is 36.7 Å². The van der Waals surface area contributed by atoms with Crippen molar-refractivity contribution >= 4 is 23.2 Å². The van der Waals surface area contributed by atoms with Crippen molar-refractivity contribution in [1.82, 2.24) is 9.97 Å². The van der Waals surface area contributed by atoms with Crippen molar-refractivity contribution in [3.05, 3.63) is 47.9 Å². The first kappa shape index (κ1) is 17.1. The first-order valence-corrected chi connectivity index (χ1v) is 8.52. The fourth-order valence-corrected chi connectivity index (χ4v) is 2.89. The third kappa shape index (κ3) is 4.21. The maximum Gasteiger partial charge on any atom is 0.274 e. The van der Waals surface area contributed by atoms with E-state index in [4.69, 9.17) is 0 Å². The van der Waals surface area contributed by atoms with Crippen molar-refractivity contribution in [2.75, 3.05) is 23.3 Å². The van der Waals surface area contributed by atoms with Crippen LogP contribution in [0.5, 0.6) is 0 Å². The number of Topliss-reactive ketones (excluding diaryl/α,β-unsaturated/α-hetero) is 1. The highest BCUT2D eigenvalue weighted by atomic mass is 16.2. The van der Waals surface area contributed by atoms with E-state index in [2.05, 4.69) is 27.1 Å². The van der Waals surface area contributed by atoms with Gasteiger partial charge in [-0.3, -0.25) is 9.59 Å². The molecule has 0 unspecified atom stereocenters. The van der Waals surface area contributed by atoms with Crippen molar-refractivity contribution in [3.8, 4) is 0 Å². The molecule has 1 aromatic carbocycles. The maximum atomic E-state index is 12.5. The van der Waals surface area contributed by atoms with E-state index in [1.165, 1.54) is 13.3 Å². The molecular formula is C19H22N4O2. The van der Waals surface area contributed by atoms with Gasteiger partial charge in [-0.25, -0.2) is 9.97 Å². The number of hydrogen-bond acceptors (Lipinski definition) is 5. The van der Waals surface area contributed by atoms with E-state index in [-0.39, 0.29) is 11.7 Å². The molecule has 2 aromatic rings. The lowest BCUT2D eigenvalue weighted by Gasteiger charge is -2.31. The van der Waals surface area contributed by atoms with Gasteiger partial charge in [0, 0.05) is 30.4 Å². The molecule has 3 rings (SSSR count). The Morgan fingerprint density at radius 2 is 1.92 bits per heavy atom. The van der Waals surface area contributed by atoms with Crippen LogP contribution in [0.2, 0.25) is 0 Å². The van der Waals surface area contributed by atoms with E-state index in [0.717, 1.165) is 37.7 Å². The summed E-state index contributed by atoms with van der Waals surface area (Å²) < 4.78 is 0. The monoisotopic (exact) mass is 338 g/mol. The highest BCUT2D eigenvalue weighted by Crippen LogP contribution is 2.21. The van der Waals surface area contributed by atoms with E-state index in [0.29, 0.717) is 16.9 Å². The quantitative estimate of drug-likeness (QED) is 0.867. The van der Waals surface area contributed by atoms with Crippen LogP contribution in [0.25, 0.3) is 0 Å². The molecule has 130 valence electrons. The number of aromatic nitrogens is 2. The molecule has 0 radical (unpaired) electrons. The number of amides is 1. The molecule has 0 saturated carbocycles. The van der Waals surface area contributed by atoms with E-state index in [1.54, 1.807) is 30.3 Å². The molecule has 0 aliphatic carbocycles. The van der Waals surface area contributed by atoms with Crippen LogP contribution in [0.3, 0.4) is 0 Å². The van der Waals surface area contributed by atoms with Gasteiger partial charge < -0.3 is 10.2 Å². The first-order chi connectivity index (χ1) is 12.0. The second-order valence-electron chi connectivity index (χ2n) is 6.52. The average Bonchev–Trinajstić information content (AvgIpc) is 2.62. The topological polar surface area (TPSA) is 75.2 Å². The number of anilines is 2. The fraction of sp³-hybridized carbons (Fsp3) is 0.368. The van der Waals surface area contributed by atoms with Gasteiger partial charge in [0.05, 0.1) is 0 Å². The highest BCUT2D eigenvalue weighted by Gasteiger charge is 2.18. The van der Waals surface area contributed by atoms with Gasteiger partial charge in [-0.15, -0.1) is 0 Å². The van der Waals surface area contributed by atoms with Gasteiger partial charge in [0.15, 0.2) is 5.78 Å². The third-order valence-corrected chi connectivity index (χ3v) is 4.52. The Kier molecular flexibility index (Phi) is 5.07. The van der Waals surface area contributed by atoms with Crippen LogP contribution < -0.4 is 10.2 Å². The number of piperidine rings is 1. The molecule has 0 spiro atoms. The summed E-state index contributed by atoms with van der Waals surface area (Å²) in [6.07, 6.45) is 3.68. The molecule has 0 bridgehead atoms. The molecule has 1 fully saturated rings. The largest absolute Gasteiger partial charge is 0.356 e. The van der Waals surface area contributed by atoms with Gasteiger partial charge in [-0.1, -0.05) is 19.1 Å². The summed E-state index contributed by atoms with van der Waals surface area (Å²) in [5.41, 5.74) is 1.45. The predicted octanol–water partition coefficient (Wildman–Crippen LogP) is 3.17. The molecule has 6 nitrogen and oxygen atoms in total. The molecule has 1 amide bonds. The van der Waals surface area contributed by atoms with Crippen LogP contribution in [-0.2, 0) is 0 Å². The average molecular weight is 338 g/mol. The van der Waals surface area contributed by atoms with Crippen LogP contribution in [0.4, 0.5) is 11.5 Å². The lowest BCUT2D eigenvalue weighted by atomic mass is 9.99. The Morgan fingerprint density at radius 1 is 1.16 bits per heavy atom. The molecular weight excluding hydrogens is 316 g/mol. The minimum atomic E-state index is -0.310. The second-order valence-corrected chi connectivity index (χ2v) is 6.52. The molecule has 1 aromatic heterocycles. The minimum Gasteiger partial charge on any atom is -0.356 e. The van der Waals surface area contributed by atoms with Gasteiger partial charge in [0.1, 0.15) is 17.8 Å². The Balaban J connectivity index is 1.73. The predicted molar refractivity (Wildman–Crippen MR) is 97.0 cm³/mol. The zero-order valence-electron chi connectivity index (χ0n) is 14.5. The molecule has 1 saturated heterocycles. The molecule has 1 N–H and O–H groups in total. The molecule has 2 heterocycles. The number of carbonyl (C=O) groups is 2. The number of hydrogen-bond donors (Lipinski definition) is 1. The fourth-order valence-electron chi connectivity index (χ4n) is 2.89. The minimum absolute atomic E-state index is 0.0419. The summed E-state index contributed by atoms with van der Waals surface area (Å²) in [4.78, 5) is 34.5. The molecule has 1 aliphatic heterocycles. The molecule has 25 heavy (non-hydrogen) atoms. The summed E-state index contributed by atoms with van der Waals surface area (Å²) in [5.74, 6) is 1.16. The number of ketones is 1. The molecule has 0 atom stereocenters. The number of rotatable bonds is 4. The van der Waals surface area contributed by atoms with Crippen molar-refractivity contribution < 1.29 is 9.59 Å². The van der Waals surface area contributed by atoms with Crippen molar-refractivity contribution in [1.29, 1.82) is 0 Å². The van der Waals surface area contributed by atoms with Gasteiger partial charge in [-0.2, -0.15) is 0 Å². The van der Waals surface area contributed by atoms with Crippen molar-refractivity contribution in [2.24, 2.45) is 5.92 Å². The Labute approximate surface area is 147 Å². The van der Waals surface area contributed by atoms with E-state index >= 15 is 0 Å². The lowest BCUT2D eigenvalue weighted by Crippen LogP contribution is -2.33. The Morgan fingerprint density at radius 3 is 2.64 bits per heavy atom. The van der Waals surface area contributed by atoms with Crippen LogP contribution in [-0.4, -0.2) is 34.7 Å². The normalized spacial score (nSPS) is 15.0. The van der Waals surface area contributed by atoms with Crippen LogP contribution >= 0.6 is 0 Å². The second kappa shape index (κ2) is 7.42. The van der Waals surface area contributed by atoms with Gasteiger partial charge in [0.2, 0.25) is 0 Å².